The third kappa shape index (κ3) is 3.05. The molecule has 1 aromatic carbocycles. The van der Waals surface area contributed by atoms with Crippen molar-refractivity contribution < 1.29 is 4.79 Å². The van der Waals surface area contributed by atoms with Gasteiger partial charge in [-0.15, -0.1) is 0 Å². The lowest BCUT2D eigenvalue weighted by atomic mass is 10.0. The Morgan fingerprint density at radius 3 is 2.47 bits per heavy atom. The van der Waals surface area contributed by atoms with Gasteiger partial charge in [0.25, 0.3) is 0 Å². The number of aromatic nitrogens is 2. The molecule has 1 aromatic heterocycles. The van der Waals surface area contributed by atoms with E-state index in [0.29, 0.717) is 12.0 Å². The minimum Gasteiger partial charge on any atom is -0.294 e. The fourth-order valence-electron chi connectivity index (χ4n) is 2.04. The monoisotopic (exact) mass is 254 g/mol. The molecule has 0 saturated heterocycles. The molecule has 0 N–H and O–H groups in total. The Labute approximate surface area is 113 Å². The van der Waals surface area contributed by atoms with Crippen LogP contribution in [0, 0.1) is 20.8 Å². The first-order chi connectivity index (χ1) is 8.97. The fraction of sp³-hybridized carbons (Fsp3) is 0.312. The van der Waals surface area contributed by atoms with Crippen molar-refractivity contribution in [1.29, 1.82) is 0 Å². The van der Waals surface area contributed by atoms with Crippen LogP contribution in [-0.4, -0.2) is 15.8 Å². The highest BCUT2D eigenvalue weighted by molar-refractivity contribution is 5.94. The minimum absolute atomic E-state index is 0.00947. The third-order valence-electron chi connectivity index (χ3n) is 3.34. The van der Waals surface area contributed by atoms with Crippen LogP contribution in [0.2, 0.25) is 0 Å². The van der Waals surface area contributed by atoms with Crippen molar-refractivity contribution in [3.63, 3.8) is 0 Å². The Balaban J connectivity index is 2.26. The lowest BCUT2D eigenvalue weighted by Gasteiger charge is -2.06. The molecule has 0 fully saturated rings. The van der Waals surface area contributed by atoms with E-state index in [1.54, 1.807) is 6.20 Å². The lowest BCUT2D eigenvalue weighted by molar-refractivity contribution is 0.101. The lowest BCUT2D eigenvalue weighted by Crippen LogP contribution is -2.05. The second-order valence-corrected chi connectivity index (χ2v) is 4.94. The molecule has 0 radical (unpaired) electrons. The van der Waals surface area contributed by atoms with Crippen LogP contribution in [0.25, 0.3) is 0 Å². The number of carbonyl (C=O) groups is 1. The molecule has 0 aliphatic rings. The molecule has 0 unspecified atom stereocenters. The van der Waals surface area contributed by atoms with Gasteiger partial charge >= 0.3 is 0 Å². The first-order valence-electron chi connectivity index (χ1n) is 6.37. The molecule has 0 amide bonds. The van der Waals surface area contributed by atoms with Crippen LogP contribution in [0.15, 0.2) is 24.4 Å². The highest BCUT2D eigenvalue weighted by Gasteiger charge is 2.08. The van der Waals surface area contributed by atoms with Crippen molar-refractivity contribution in [3.05, 3.63) is 58.2 Å². The van der Waals surface area contributed by atoms with Crippen molar-refractivity contribution in [3.8, 4) is 0 Å². The van der Waals surface area contributed by atoms with E-state index in [1.807, 2.05) is 6.92 Å². The Morgan fingerprint density at radius 2 is 1.89 bits per heavy atom. The molecule has 0 aliphatic heterocycles. The molecule has 0 atom stereocenters. The molecule has 0 aliphatic carbocycles. The van der Waals surface area contributed by atoms with Gasteiger partial charge in [0.15, 0.2) is 5.78 Å². The largest absolute Gasteiger partial charge is 0.294 e. The zero-order valence-corrected chi connectivity index (χ0v) is 11.8. The van der Waals surface area contributed by atoms with Crippen molar-refractivity contribution >= 4 is 5.78 Å². The predicted molar refractivity (Wildman–Crippen MR) is 75.5 cm³/mol. The quantitative estimate of drug-likeness (QED) is 0.790. The summed E-state index contributed by atoms with van der Waals surface area (Å²) < 4.78 is 0. The van der Waals surface area contributed by atoms with Gasteiger partial charge in [-0.2, -0.15) is 0 Å². The topological polar surface area (TPSA) is 42.9 Å². The summed E-state index contributed by atoms with van der Waals surface area (Å²) in [7, 11) is 0. The van der Waals surface area contributed by atoms with Gasteiger partial charge in [0.05, 0.1) is 11.3 Å². The average Bonchev–Trinajstić information content (AvgIpc) is 2.33. The van der Waals surface area contributed by atoms with E-state index >= 15 is 0 Å². The number of benzene rings is 1. The summed E-state index contributed by atoms with van der Waals surface area (Å²) in [4.78, 5) is 20.0. The van der Waals surface area contributed by atoms with Gasteiger partial charge in [0.2, 0.25) is 0 Å². The number of hydrogen-bond acceptors (Lipinski definition) is 3. The Hall–Kier alpha value is -2.03. The van der Waals surface area contributed by atoms with E-state index in [1.165, 1.54) is 23.6 Å². The zero-order valence-electron chi connectivity index (χ0n) is 11.8. The molecule has 19 heavy (non-hydrogen) atoms. The normalized spacial score (nSPS) is 10.5. The zero-order chi connectivity index (χ0) is 14.0. The number of aryl methyl sites for hydroxylation is 3. The molecule has 98 valence electrons. The van der Waals surface area contributed by atoms with Crippen LogP contribution in [-0.2, 0) is 6.42 Å². The summed E-state index contributed by atoms with van der Waals surface area (Å²) in [6, 6.07) is 6.37. The molecule has 0 saturated carbocycles. The second kappa shape index (κ2) is 5.31. The van der Waals surface area contributed by atoms with Gasteiger partial charge in [0.1, 0.15) is 5.82 Å². The van der Waals surface area contributed by atoms with Gasteiger partial charge in [0, 0.05) is 12.6 Å². The number of carbonyl (C=O) groups excluding carboxylic acids is 1. The van der Waals surface area contributed by atoms with Crippen LogP contribution >= 0.6 is 0 Å². The van der Waals surface area contributed by atoms with Crippen molar-refractivity contribution in [2.24, 2.45) is 0 Å². The second-order valence-electron chi connectivity index (χ2n) is 4.94. The highest BCUT2D eigenvalue weighted by atomic mass is 16.1. The summed E-state index contributed by atoms with van der Waals surface area (Å²) >= 11 is 0. The smallest absolute Gasteiger partial charge is 0.163 e. The number of nitrogens with zero attached hydrogens (tertiary/aromatic N) is 2. The molecule has 2 rings (SSSR count). The number of Topliss-reactive ketones (excluding diaryl/α,β-unsaturated/α-hetero) is 1. The maximum absolute atomic E-state index is 11.3. The Bertz CT molecular complexity index is 633. The Morgan fingerprint density at radius 1 is 1.16 bits per heavy atom. The SMILES string of the molecule is CC(=O)c1cnc(Cc2ccc(C)c(C)c2)nc1C. The number of ketones is 1. The van der Waals surface area contributed by atoms with Crippen LogP contribution in [0.3, 0.4) is 0 Å². The minimum atomic E-state index is 0.00947. The van der Waals surface area contributed by atoms with E-state index in [2.05, 4.69) is 42.0 Å². The standard InChI is InChI=1S/C16H18N2O/c1-10-5-6-14(7-11(10)2)8-16-17-9-15(13(4)19)12(3)18-16/h5-7,9H,8H2,1-4H3. The van der Waals surface area contributed by atoms with Crippen molar-refractivity contribution in [2.75, 3.05) is 0 Å². The van der Waals surface area contributed by atoms with Crippen LogP contribution < -0.4 is 0 Å². The fourth-order valence-corrected chi connectivity index (χ4v) is 2.04. The first kappa shape index (κ1) is 13.4. The van der Waals surface area contributed by atoms with E-state index in [-0.39, 0.29) is 5.78 Å². The maximum atomic E-state index is 11.3. The van der Waals surface area contributed by atoms with Crippen molar-refractivity contribution in [2.45, 2.75) is 34.1 Å². The van der Waals surface area contributed by atoms with E-state index in [0.717, 1.165) is 11.5 Å². The average molecular weight is 254 g/mol. The molecule has 2 aromatic rings. The van der Waals surface area contributed by atoms with Gasteiger partial charge in [-0.25, -0.2) is 9.97 Å². The van der Waals surface area contributed by atoms with Gasteiger partial charge < -0.3 is 0 Å². The maximum Gasteiger partial charge on any atom is 0.163 e. The summed E-state index contributed by atoms with van der Waals surface area (Å²) in [6.45, 7) is 7.59. The van der Waals surface area contributed by atoms with Gasteiger partial charge in [-0.1, -0.05) is 18.2 Å². The predicted octanol–water partition coefficient (Wildman–Crippen LogP) is 3.20. The molecule has 0 spiro atoms. The molecular weight excluding hydrogens is 236 g/mol. The Kier molecular flexibility index (Phi) is 3.74. The van der Waals surface area contributed by atoms with Crippen LogP contribution in [0.5, 0.6) is 0 Å². The molecule has 0 bridgehead atoms. The van der Waals surface area contributed by atoms with E-state index in [4.69, 9.17) is 0 Å². The molecule has 1 heterocycles. The van der Waals surface area contributed by atoms with Crippen LogP contribution in [0.1, 0.15) is 45.5 Å². The molecule has 3 heteroatoms. The van der Waals surface area contributed by atoms with Gasteiger partial charge in [-0.05, 0) is 44.4 Å². The summed E-state index contributed by atoms with van der Waals surface area (Å²) in [6.07, 6.45) is 2.32. The van der Waals surface area contributed by atoms with E-state index in [9.17, 15) is 4.79 Å². The summed E-state index contributed by atoms with van der Waals surface area (Å²) in [5.74, 6) is 0.765. The summed E-state index contributed by atoms with van der Waals surface area (Å²) in [5.41, 5.74) is 5.10. The summed E-state index contributed by atoms with van der Waals surface area (Å²) in [5, 5.41) is 0. The van der Waals surface area contributed by atoms with E-state index < -0.39 is 0 Å². The number of rotatable bonds is 3. The van der Waals surface area contributed by atoms with Crippen LogP contribution in [0.4, 0.5) is 0 Å². The third-order valence-corrected chi connectivity index (χ3v) is 3.34. The number of hydrogen-bond donors (Lipinski definition) is 0. The first-order valence-corrected chi connectivity index (χ1v) is 6.37. The molecule has 3 nitrogen and oxygen atoms in total. The van der Waals surface area contributed by atoms with Gasteiger partial charge in [-0.3, -0.25) is 4.79 Å². The van der Waals surface area contributed by atoms with Crippen molar-refractivity contribution in [1.82, 2.24) is 9.97 Å². The highest BCUT2D eigenvalue weighted by Crippen LogP contribution is 2.13. The molecular formula is C16H18N2O.